The second-order valence-electron chi connectivity index (χ2n) is 5.70. The number of rotatable bonds is 3. The Balaban J connectivity index is 1.86. The average Bonchev–Trinajstić information content (AvgIpc) is 2.90. The summed E-state index contributed by atoms with van der Waals surface area (Å²) in [5, 5.41) is 13.2. The highest BCUT2D eigenvalue weighted by Gasteiger charge is 2.24. The molecule has 1 amide bonds. The number of amidine groups is 1. The highest BCUT2D eigenvalue weighted by molar-refractivity contribution is 8.18. The monoisotopic (exact) mass is 354 g/mol. The first-order valence-electron chi connectivity index (χ1n) is 7.70. The van der Waals surface area contributed by atoms with Crippen LogP contribution in [0, 0.1) is 13.8 Å². The highest BCUT2D eigenvalue weighted by Crippen LogP contribution is 2.32. The Morgan fingerprint density at radius 3 is 2.72 bits per heavy atom. The van der Waals surface area contributed by atoms with Gasteiger partial charge in [0.1, 0.15) is 0 Å². The number of hydrogen-bond acceptors (Lipinski definition) is 5. The molecule has 2 aromatic carbocycles. The number of carbonyl (C=O) groups is 1. The van der Waals surface area contributed by atoms with E-state index in [9.17, 15) is 9.90 Å². The molecule has 1 heterocycles. The lowest BCUT2D eigenvalue weighted by molar-refractivity contribution is -0.115. The van der Waals surface area contributed by atoms with Crippen molar-refractivity contribution in [3.63, 3.8) is 0 Å². The first-order valence-corrected chi connectivity index (χ1v) is 8.52. The minimum atomic E-state index is -0.204. The van der Waals surface area contributed by atoms with Gasteiger partial charge in [-0.1, -0.05) is 18.2 Å². The molecule has 0 atom stereocenters. The standard InChI is InChI=1S/C19H18N2O3S/c1-11-4-5-12(2)14(8-11)20-19-21-18(23)17(25-19)10-13-6-7-16(24-3)15(22)9-13/h4-10,22H,1-3H3,(H,20,21,23). The topological polar surface area (TPSA) is 70.9 Å². The molecule has 0 spiro atoms. The molecule has 0 aromatic heterocycles. The third kappa shape index (κ3) is 3.85. The summed E-state index contributed by atoms with van der Waals surface area (Å²) < 4.78 is 5.02. The van der Waals surface area contributed by atoms with Gasteiger partial charge in [-0.05, 0) is 66.6 Å². The van der Waals surface area contributed by atoms with Crippen molar-refractivity contribution in [3.8, 4) is 11.5 Å². The van der Waals surface area contributed by atoms with E-state index in [0.717, 1.165) is 16.8 Å². The number of nitrogens with zero attached hydrogens (tertiary/aromatic N) is 1. The number of phenolic OH excluding ortho intramolecular Hbond substituents is 1. The smallest absolute Gasteiger partial charge is 0.264 e. The van der Waals surface area contributed by atoms with Gasteiger partial charge >= 0.3 is 0 Å². The van der Waals surface area contributed by atoms with Crippen LogP contribution in [0.2, 0.25) is 0 Å². The molecule has 0 saturated carbocycles. The summed E-state index contributed by atoms with van der Waals surface area (Å²) in [6.45, 7) is 3.99. The molecule has 1 aliphatic heterocycles. The van der Waals surface area contributed by atoms with E-state index in [1.807, 2.05) is 32.0 Å². The molecule has 2 aromatic rings. The molecule has 0 radical (unpaired) electrons. The van der Waals surface area contributed by atoms with Crippen LogP contribution in [-0.2, 0) is 4.79 Å². The van der Waals surface area contributed by atoms with Gasteiger partial charge in [0.05, 0.1) is 17.7 Å². The zero-order valence-corrected chi connectivity index (χ0v) is 15.0. The maximum absolute atomic E-state index is 12.2. The SMILES string of the molecule is COc1ccc(C=C2SC(=Nc3cc(C)ccc3C)NC2=O)cc1O. The Morgan fingerprint density at radius 1 is 1.20 bits per heavy atom. The lowest BCUT2D eigenvalue weighted by Gasteiger charge is -2.03. The van der Waals surface area contributed by atoms with Gasteiger partial charge < -0.3 is 15.2 Å². The number of amides is 1. The molecule has 1 fully saturated rings. The molecule has 0 unspecified atom stereocenters. The van der Waals surface area contributed by atoms with E-state index in [4.69, 9.17) is 4.74 Å². The predicted molar refractivity (Wildman–Crippen MR) is 101 cm³/mol. The van der Waals surface area contributed by atoms with Crippen LogP contribution < -0.4 is 10.1 Å². The Morgan fingerprint density at radius 2 is 2.00 bits per heavy atom. The number of thioether (sulfide) groups is 1. The van der Waals surface area contributed by atoms with Crippen molar-refractivity contribution >= 4 is 34.6 Å². The van der Waals surface area contributed by atoms with Crippen LogP contribution in [0.4, 0.5) is 5.69 Å². The van der Waals surface area contributed by atoms with Crippen molar-refractivity contribution in [2.45, 2.75) is 13.8 Å². The number of nitrogens with one attached hydrogen (secondary N) is 1. The van der Waals surface area contributed by atoms with Gasteiger partial charge in [0, 0.05) is 0 Å². The minimum absolute atomic E-state index is 0.0320. The highest BCUT2D eigenvalue weighted by atomic mass is 32.2. The lowest BCUT2D eigenvalue weighted by Crippen LogP contribution is -2.19. The van der Waals surface area contributed by atoms with Gasteiger partial charge in [0.2, 0.25) is 0 Å². The van der Waals surface area contributed by atoms with Gasteiger partial charge in [-0.3, -0.25) is 4.79 Å². The van der Waals surface area contributed by atoms with Crippen LogP contribution in [0.15, 0.2) is 46.3 Å². The normalized spacial score (nSPS) is 17.2. The average molecular weight is 354 g/mol. The first-order chi connectivity index (χ1) is 12.0. The number of methoxy groups -OCH3 is 1. The van der Waals surface area contributed by atoms with E-state index in [2.05, 4.69) is 10.3 Å². The van der Waals surface area contributed by atoms with E-state index >= 15 is 0 Å². The molecule has 3 rings (SSSR count). The number of aromatic hydroxyl groups is 1. The van der Waals surface area contributed by atoms with Crippen molar-refractivity contribution in [2.75, 3.05) is 7.11 Å². The van der Waals surface area contributed by atoms with E-state index in [0.29, 0.717) is 21.4 Å². The fourth-order valence-electron chi connectivity index (χ4n) is 2.38. The summed E-state index contributed by atoms with van der Waals surface area (Å²) in [6.07, 6.45) is 1.71. The zero-order valence-electron chi connectivity index (χ0n) is 14.2. The number of phenols is 1. The second kappa shape index (κ2) is 7.03. The summed E-state index contributed by atoms with van der Waals surface area (Å²) in [7, 11) is 1.49. The zero-order chi connectivity index (χ0) is 18.0. The minimum Gasteiger partial charge on any atom is -0.504 e. The number of carbonyl (C=O) groups excluding carboxylic acids is 1. The Hall–Kier alpha value is -2.73. The molecule has 6 heteroatoms. The van der Waals surface area contributed by atoms with Gasteiger partial charge in [-0.2, -0.15) is 0 Å². The predicted octanol–water partition coefficient (Wildman–Crippen LogP) is 3.91. The largest absolute Gasteiger partial charge is 0.504 e. The van der Waals surface area contributed by atoms with E-state index in [-0.39, 0.29) is 11.7 Å². The molecule has 128 valence electrons. The van der Waals surface area contributed by atoms with Gasteiger partial charge in [-0.25, -0.2) is 4.99 Å². The Bertz CT molecular complexity index is 904. The lowest BCUT2D eigenvalue weighted by atomic mass is 10.1. The summed E-state index contributed by atoms with van der Waals surface area (Å²) in [5.74, 6) is 0.219. The fourth-order valence-corrected chi connectivity index (χ4v) is 3.21. The number of ether oxygens (including phenoxy) is 1. The van der Waals surface area contributed by atoms with Crippen molar-refractivity contribution in [1.29, 1.82) is 0 Å². The maximum atomic E-state index is 12.2. The molecular weight excluding hydrogens is 336 g/mol. The summed E-state index contributed by atoms with van der Waals surface area (Å²) >= 11 is 1.28. The van der Waals surface area contributed by atoms with Gasteiger partial charge in [0.25, 0.3) is 5.91 Å². The van der Waals surface area contributed by atoms with Gasteiger partial charge in [-0.15, -0.1) is 0 Å². The Kier molecular flexibility index (Phi) is 4.81. The maximum Gasteiger partial charge on any atom is 0.264 e. The fraction of sp³-hybridized carbons (Fsp3) is 0.158. The van der Waals surface area contributed by atoms with Crippen LogP contribution in [-0.4, -0.2) is 23.3 Å². The number of aliphatic imine (C=N–C) groups is 1. The van der Waals surface area contributed by atoms with Crippen molar-refractivity contribution < 1.29 is 14.6 Å². The number of aryl methyl sites for hydroxylation is 2. The third-order valence-electron chi connectivity index (χ3n) is 3.74. The Labute approximate surface area is 150 Å². The first kappa shape index (κ1) is 17.1. The van der Waals surface area contributed by atoms with E-state index in [1.54, 1.807) is 24.3 Å². The summed E-state index contributed by atoms with van der Waals surface area (Å²) in [6, 6.07) is 11.0. The van der Waals surface area contributed by atoms with Crippen molar-refractivity contribution in [3.05, 3.63) is 58.0 Å². The second-order valence-corrected chi connectivity index (χ2v) is 6.73. The molecule has 25 heavy (non-hydrogen) atoms. The van der Waals surface area contributed by atoms with Crippen LogP contribution in [0.5, 0.6) is 11.5 Å². The van der Waals surface area contributed by atoms with Gasteiger partial charge in [0.15, 0.2) is 16.7 Å². The summed E-state index contributed by atoms with van der Waals surface area (Å²) in [4.78, 5) is 17.2. The van der Waals surface area contributed by atoms with Crippen molar-refractivity contribution in [2.24, 2.45) is 4.99 Å². The van der Waals surface area contributed by atoms with Crippen molar-refractivity contribution in [1.82, 2.24) is 5.32 Å². The summed E-state index contributed by atoms with van der Waals surface area (Å²) in [5.41, 5.74) is 3.71. The number of benzene rings is 2. The van der Waals surface area contributed by atoms with Crippen LogP contribution in [0.25, 0.3) is 6.08 Å². The van der Waals surface area contributed by atoms with E-state index in [1.165, 1.54) is 18.9 Å². The molecule has 5 nitrogen and oxygen atoms in total. The molecule has 1 aliphatic rings. The quantitative estimate of drug-likeness (QED) is 0.820. The molecule has 0 bridgehead atoms. The molecule has 0 aliphatic carbocycles. The van der Waals surface area contributed by atoms with Crippen LogP contribution in [0.3, 0.4) is 0 Å². The van der Waals surface area contributed by atoms with Crippen LogP contribution >= 0.6 is 11.8 Å². The van der Waals surface area contributed by atoms with E-state index < -0.39 is 0 Å². The molecule has 1 saturated heterocycles. The third-order valence-corrected chi connectivity index (χ3v) is 4.65. The molecule has 2 N–H and O–H groups in total. The molecular formula is C19H18N2O3S. The van der Waals surface area contributed by atoms with Crippen LogP contribution in [0.1, 0.15) is 16.7 Å². The number of hydrogen-bond donors (Lipinski definition) is 2.